The number of benzene rings is 2. The minimum absolute atomic E-state index is 0.242. The fourth-order valence-corrected chi connectivity index (χ4v) is 1.98. The van der Waals surface area contributed by atoms with Crippen LogP contribution >= 0.6 is 0 Å². The lowest BCUT2D eigenvalue weighted by Gasteiger charge is -2.08. The second-order valence-corrected chi connectivity index (χ2v) is 4.75. The smallest absolute Gasteiger partial charge is 0.255 e. The number of carbonyl (C=O) groups excluding carboxylic acids is 1. The highest BCUT2D eigenvalue weighted by atomic mass is 16.5. The van der Waals surface area contributed by atoms with Crippen LogP contribution in [0, 0.1) is 0 Å². The van der Waals surface area contributed by atoms with Gasteiger partial charge in [0, 0.05) is 35.4 Å². The molecule has 0 saturated heterocycles. The number of nitrogen functional groups attached to an aromatic ring is 1. The van der Waals surface area contributed by atoms with Gasteiger partial charge < -0.3 is 15.8 Å². The van der Waals surface area contributed by atoms with E-state index in [9.17, 15) is 4.79 Å². The topological polar surface area (TPSA) is 90.1 Å². The van der Waals surface area contributed by atoms with Crippen molar-refractivity contribution in [3.05, 3.63) is 72.7 Å². The van der Waals surface area contributed by atoms with Crippen molar-refractivity contribution in [1.29, 1.82) is 0 Å². The summed E-state index contributed by atoms with van der Waals surface area (Å²) in [5.74, 6) is 0.691. The van der Waals surface area contributed by atoms with E-state index in [-0.39, 0.29) is 5.91 Å². The highest BCUT2D eigenvalue weighted by molar-refractivity contribution is 6.04. The van der Waals surface area contributed by atoms with Crippen molar-refractivity contribution >= 4 is 17.3 Å². The number of hydrogen-bond acceptors (Lipinski definition) is 5. The SMILES string of the molecule is Nc1cccc(C(=O)Nc2cccc(Oc3cnccn3)c2)c1. The molecule has 0 spiro atoms. The van der Waals surface area contributed by atoms with Crippen molar-refractivity contribution in [3.8, 4) is 11.6 Å². The Balaban J connectivity index is 1.74. The van der Waals surface area contributed by atoms with E-state index in [2.05, 4.69) is 15.3 Å². The number of nitrogens with two attached hydrogens (primary N) is 1. The van der Waals surface area contributed by atoms with Crippen LogP contribution in [-0.4, -0.2) is 15.9 Å². The number of hydrogen-bond donors (Lipinski definition) is 2. The molecule has 6 heteroatoms. The van der Waals surface area contributed by atoms with Crippen molar-refractivity contribution in [2.45, 2.75) is 0 Å². The average Bonchev–Trinajstić information content (AvgIpc) is 2.56. The summed E-state index contributed by atoms with van der Waals surface area (Å²) in [6, 6.07) is 13.8. The molecule has 0 unspecified atom stereocenters. The Labute approximate surface area is 133 Å². The van der Waals surface area contributed by atoms with Crippen LogP contribution in [-0.2, 0) is 0 Å². The second-order valence-electron chi connectivity index (χ2n) is 4.75. The molecule has 3 rings (SSSR count). The van der Waals surface area contributed by atoms with Gasteiger partial charge in [-0.15, -0.1) is 0 Å². The first kappa shape index (κ1) is 14.5. The molecule has 0 aliphatic carbocycles. The van der Waals surface area contributed by atoms with Crippen molar-refractivity contribution in [1.82, 2.24) is 9.97 Å². The molecule has 0 bridgehead atoms. The van der Waals surface area contributed by atoms with E-state index in [0.717, 1.165) is 0 Å². The average molecular weight is 306 g/mol. The van der Waals surface area contributed by atoms with Gasteiger partial charge in [-0.1, -0.05) is 12.1 Å². The predicted molar refractivity (Wildman–Crippen MR) is 87.4 cm³/mol. The third-order valence-corrected chi connectivity index (χ3v) is 3.00. The maximum absolute atomic E-state index is 12.2. The molecule has 2 aromatic carbocycles. The van der Waals surface area contributed by atoms with E-state index < -0.39 is 0 Å². The van der Waals surface area contributed by atoms with Gasteiger partial charge in [-0.05, 0) is 30.3 Å². The molecule has 1 aromatic heterocycles. The van der Waals surface area contributed by atoms with Crippen LogP contribution in [0.3, 0.4) is 0 Å². The zero-order chi connectivity index (χ0) is 16.1. The first-order valence-electron chi connectivity index (χ1n) is 6.91. The molecule has 1 heterocycles. The third-order valence-electron chi connectivity index (χ3n) is 3.00. The highest BCUT2D eigenvalue weighted by Crippen LogP contribution is 2.22. The highest BCUT2D eigenvalue weighted by Gasteiger charge is 2.07. The quantitative estimate of drug-likeness (QED) is 0.723. The molecule has 0 aliphatic rings. The van der Waals surface area contributed by atoms with Crippen molar-refractivity contribution in [2.24, 2.45) is 0 Å². The fourth-order valence-electron chi connectivity index (χ4n) is 1.98. The molecule has 0 atom stereocenters. The largest absolute Gasteiger partial charge is 0.437 e. The number of rotatable bonds is 4. The van der Waals surface area contributed by atoms with Crippen LogP contribution in [0.1, 0.15) is 10.4 Å². The molecule has 114 valence electrons. The maximum Gasteiger partial charge on any atom is 0.255 e. The van der Waals surface area contributed by atoms with E-state index in [1.54, 1.807) is 60.9 Å². The molecule has 3 N–H and O–H groups in total. The molecule has 23 heavy (non-hydrogen) atoms. The molecule has 0 radical (unpaired) electrons. The van der Waals surface area contributed by atoms with Gasteiger partial charge in [-0.25, -0.2) is 4.98 Å². The van der Waals surface area contributed by atoms with E-state index in [4.69, 9.17) is 10.5 Å². The fraction of sp³-hybridized carbons (Fsp3) is 0. The van der Waals surface area contributed by atoms with Gasteiger partial charge >= 0.3 is 0 Å². The van der Waals surface area contributed by atoms with Gasteiger partial charge in [-0.2, -0.15) is 0 Å². The molecule has 0 aliphatic heterocycles. The van der Waals surface area contributed by atoms with E-state index >= 15 is 0 Å². The number of nitrogens with one attached hydrogen (secondary N) is 1. The maximum atomic E-state index is 12.2. The van der Waals surface area contributed by atoms with Crippen LogP contribution in [0.15, 0.2) is 67.1 Å². The Kier molecular flexibility index (Phi) is 4.15. The summed E-state index contributed by atoms with van der Waals surface area (Å²) in [4.78, 5) is 20.2. The second kappa shape index (κ2) is 6.57. The normalized spacial score (nSPS) is 10.1. The molecule has 0 saturated carbocycles. The van der Waals surface area contributed by atoms with Gasteiger partial charge in [0.25, 0.3) is 5.91 Å². The van der Waals surface area contributed by atoms with Crippen LogP contribution in [0.25, 0.3) is 0 Å². The Morgan fingerprint density at radius 3 is 2.74 bits per heavy atom. The van der Waals surface area contributed by atoms with Gasteiger partial charge in [-0.3, -0.25) is 9.78 Å². The summed E-state index contributed by atoms with van der Waals surface area (Å²) in [5, 5.41) is 2.80. The Bertz CT molecular complexity index is 822. The Morgan fingerprint density at radius 1 is 1.09 bits per heavy atom. The lowest BCUT2D eigenvalue weighted by Crippen LogP contribution is -2.12. The minimum atomic E-state index is -0.242. The summed E-state index contributed by atoms with van der Waals surface area (Å²) in [6.45, 7) is 0. The standard InChI is InChI=1S/C17H14N4O2/c18-13-4-1-3-12(9-13)17(22)21-14-5-2-6-15(10-14)23-16-11-19-7-8-20-16/h1-11H,18H2,(H,21,22). The molecular weight excluding hydrogens is 292 g/mol. The number of ether oxygens (including phenoxy) is 1. The van der Waals surface area contributed by atoms with Gasteiger partial charge in [0.15, 0.2) is 0 Å². The van der Waals surface area contributed by atoms with E-state index in [1.165, 1.54) is 6.20 Å². The monoisotopic (exact) mass is 306 g/mol. The Morgan fingerprint density at radius 2 is 1.96 bits per heavy atom. The third kappa shape index (κ3) is 3.82. The van der Waals surface area contributed by atoms with Crippen molar-refractivity contribution < 1.29 is 9.53 Å². The van der Waals surface area contributed by atoms with Crippen LogP contribution in [0.4, 0.5) is 11.4 Å². The van der Waals surface area contributed by atoms with E-state index in [1.807, 2.05) is 0 Å². The number of carbonyl (C=O) groups is 1. The number of nitrogens with zero attached hydrogens (tertiary/aromatic N) is 2. The summed E-state index contributed by atoms with van der Waals surface area (Å²) in [6.07, 6.45) is 4.62. The summed E-state index contributed by atoms with van der Waals surface area (Å²) >= 11 is 0. The van der Waals surface area contributed by atoms with Gasteiger partial charge in [0.1, 0.15) is 5.75 Å². The first-order chi connectivity index (χ1) is 11.2. The number of anilines is 2. The van der Waals surface area contributed by atoms with Crippen molar-refractivity contribution in [3.63, 3.8) is 0 Å². The van der Waals surface area contributed by atoms with Gasteiger partial charge in [0.05, 0.1) is 6.20 Å². The van der Waals surface area contributed by atoms with Crippen LogP contribution < -0.4 is 15.8 Å². The molecule has 3 aromatic rings. The van der Waals surface area contributed by atoms with E-state index in [0.29, 0.717) is 28.6 Å². The first-order valence-corrected chi connectivity index (χ1v) is 6.91. The number of amides is 1. The van der Waals surface area contributed by atoms with Crippen molar-refractivity contribution in [2.75, 3.05) is 11.1 Å². The molecular formula is C17H14N4O2. The minimum Gasteiger partial charge on any atom is -0.437 e. The summed E-state index contributed by atoms with van der Waals surface area (Å²) in [7, 11) is 0. The lowest BCUT2D eigenvalue weighted by molar-refractivity contribution is 0.102. The number of aromatic nitrogens is 2. The zero-order valence-electron chi connectivity index (χ0n) is 12.1. The summed E-state index contributed by atoms with van der Waals surface area (Å²) in [5.41, 5.74) is 7.33. The van der Waals surface area contributed by atoms with Gasteiger partial charge in [0.2, 0.25) is 5.88 Å². The zero-order valence-corrected chi connectivity index (χ0v) is 12.1. The lowest BCUT2D eigenvalue weighted by atomic mass is 10.2. The Hall–Kier alpha value is -3.41. The molecule has 6 nitrogen and oxygen atoms in total. The van der Waals surface area contributed by atoms with Crippen LogP contribution in [0.2, 0.25) is 0 Å². The molecule has 1 amide bonds. The predicted octanol–water partition coefficient (Wildman–Crippen LogP) is 3.10. The van der Waals surface area contributed by atoms with Crippen LogP contribution in [0.5, 0.6) is 11.6 Å². The summed E-state index contributed by atoms with van der Waals surface area (Å²) < 4.78 is 5.58. The molecule has 0 fully saturated rings.